The first-order valence-electron chi connectivity index (χ1n) is 19.1. The number of hydrogen-bond donors (Lipinski definition) is 1. The van der Waals surface area contributed by atoms with Gasteiger partial charge in [-0.25, -0.2) is 5.01 Å². The van der Waals surface area contributed by atoms with Gasteiger partial charge >= 0.3 is 5.97 Å². The second-order valence-corrected chi connectivity index (χ2v) is 15.6. The van der Waals surface area contributed by atoms with Crippen LogP contribution in [0.15, 0.2) is 60.7 Å². The van der Waals surface area contributed by atoms with Gasteiger partial charge in [-0.2, -0.15) is 0 Å². The van der Waals surface area contributed by atoms with E-state index < -0.39 is 5.41 Å². The number of carbonyl (C=O) groups is 3. The van der Waals surface area contributed by atoms with Gasteiger partial charge in [0.1, 0.15) is 0 Å². The van der Waals surface area contributed by atoms with Crippen LogP contribution in [-0.4, -0.2) is 106 Å². The van der Waals surface area contributed by atoms with Gasteiger partial charge in [0.25, 0.3) is 5.91 Å². The van der Waals surface area contributed by atoms with Crippen LogP contribution in [0.25, 0.3) is 0 Å². The van der Waals surface area contributed by atoms with E-state index in [4.69, 9.17) is 42.1 Å². The van der Waals surface area contributed by atoms with Crippen LogP contribution in [0.2, 0.25) is 10.0 Å². The molecule has 56 heavy (non-hydrogen) atoms. The molecule has 3 aromatic carbocycles. The number of hydrogen-bond acceptors (Lipinski definition) is 9. The van der Waals surface area contributed by atoms with Crippen LogP contribution in [0.1, 0.15) is 66.9 Å². The van der Waals surface area contributed by atoms with Crippen LogP contribution in [0.3, 0.4) is 0 Å². The van der Waals surface area contributed by atoms with Crippen molar-refractivity contribution in [1.29, 1.82) is 0 Å². The molecule has 0 aliphatic carbocycles. The van der Waals surface area contributed by atoms with Crippen molar-refractivity contribution in [2.75, 3.05) is 73.7 Å². The lowest BCUT2D eigenvalue weighted by Gasteiger charge is -2.43. The number of carbonyl (C=O) groups excluding carboxylic acids is 3. The molecule has 11 nitrogen and oxygen atoms in total. The van der Waals surface area contributed by atoms with E-state index in [1.807, 2.05) is 53.2 Å². The summed E-state index contributed by atoms with van der Waals surface area (Å²) in [5.74, 6) is 0.858. The van der Waals surface area contributed by atoms with Crippen molar-refractivity contribution in [3.63, 3.8) is 0 Å². The summed E-state index contributed by atoms with van der Waals surface area (Å²) in [5.41, 5.74) is 4.69. The minimum Gasteiger partial charge on any atom is -0.493 e. The number of esters is 1. The van der Waals surface area contributed by atoms with Crippen molar-refractivity contribution in [2.45, 2.75) is 56.3 Å². The fourth-order valence-corrected chi connectivity index (χ4v) is 8.81. The van der Waals surface area contributed by atoms with E-state index in [9.17, 15) is 14.4 Å². The normalized spacial score (nSPS) is 20.1. The second-order valence-electron chi connectivity index (χ2n) is 14.8. The summed E-state index contributed by atoms with van der Waals surface area (Å²) in [7, 11) is 4.60. The van der Waals surface area contributed by atoms with Crippen LogP contribution in [0, 0.1) is 5.92 Å². The Hall–Kier alpha value is -3.74. The highest BCUT2D eigenvalue weighted by Crippen LogP contribution is 2.43. The second kappa shape index (κ2) is 19.1. The molecule has 14 heteroatoms. The first-order chi connectivity index (χ1) is 26.6. The van der Waals surface area contributed by atoms with Crippen molar-refractivity contribution in [1.82, 2.24) is 20.2 Å². The first-order valence-corrected chi connectivity index (χ1v) is 19.9. The zero-order valence-electron chi connectivity index (χ0n) is 32.6. The third-order valence-corrected chi connectivity index (χ3v) is 12.6. The molecule has 0 radical (unpaired) electrons. The Morgan fingerprint density at radius 2 is 1.46 bits per heavy atom. The van der Waals surface area contributed by atoms with Gasteiger partial charge in [0.05, 0.1) is 49.3 Å². The van der Waals surface area contributed by atoms with Gasteiger partial charge in [0, 0.05) is 37.2 Å². The molecule has 3 aliphatic rings. The summed E-state index contributed by atoms with van der Waals surface area (Å²) >= 11 is 13.0. The maximum Gasteiger partial charge on any atom is 0.309 e. The van der Waals surface area contributed by atoms with Crippen LogP contribution in [0.4, 0.5) is 0 Å². The van der Waals surface area contributed by atoms with E-state index in [1.54, 1.807) is 12.1 Å². The summed E-state index contributed by atoms with van der Waals surface area (Å²) in [5, 5.41) is 2.93. The summed E-state index contributed by atoms with van der Waals surface area (Å²) in [6, 6.07) is 19.3. The summed E-state index contributed by atoms with van der Waals surface area (Å²) in [6.45, 7) is 6.70. The van der Waals surface area contributed by atoms with Gasteiger partial charge in [-0.15, -0.1) is 12.4 Å². The van der Waals surface area contributed by atoms with Crippen molar-refractivity contribution < 1.29 is 33.3 Å². The molecule has 6 rings (SSSR count). The van der Waals surface area contributed by atoms with Gasteiger partial charge in [0.2, 0.25) is 11.7 Å². The van der Waals surface area contributed by atoms with Gasteiger partial charge in [-0.3, -0.25) is 19.8 Å². The average Bonchev–Trinajstić information content (AvgIpc) is 3.66. The number of likely N-dealkylation sites (tertiary alicyclic amines) is 2. The van der Waals surface area contributed by atoms with Crippen molar-refractivity contribution >= 4 is 53.4 Å². The number of piperidine rings is 2. The Morgan fingerprint density at radius 1 is 0.804 bits per heavy atom. The van der Waals surface area contributed by atoms with E-state index in [2.05, 4.69) is 22.5 Å². The number of hydrazine groups is 1. The molecule has 0 bridgehead atoms. The number of methoxy groups -OCH3 is 3. The van der Waals surface area contributed by atoms with E-state index in [0.717, 1.165) is 43.6 Å². The predicted molar refractivity (Wildman–Crippen MR) is 219 cm³/mol. The minimum absolute atomic E-state index is 0. The van der Waals surface area contributed by atoms with Gasteiger partial charge in [-0.1, -0.05) is 59.6 Å². The number of benzene rings is 3. The van der Waals surface area contributed by atoms with Crippen molar-refractivity contribution in [3.05, 3.63) is 87.4 Å². The molecule has 3 aromatic rings. The highest BCUT2D eigenvalue weighted by atomic mass is 35.5. The number of nitrogens with one attached hydrogen (secondary N) is 1. The zero-order valence-corrected chi connectivity index (χ0v) is 34.9. The Balaban J connectivity index is 0.00000600. The van der Waals surface area contributed by atoms with E-state index >= 15 is 0 Å². The summed E-state index contributed by atoms with van der Waals surface area (Å²) in [6.07, 6.45) is 4.15. The minimum atomic E-state index is -0.686. The van der Waals surface area contributed by atoms with Gasteiger partial charge < -0.3 is 28.7 Å². The van der Waals surface area contributed by atoms with Crippen LogP contribution >= 0.6 is 35.6 Å². The highest BCUT2D eigenvalue weighted by molar-refractivity contribution is 6.42. The maximum absolute atomic E-state index is 14.3. The Labute approximate surface area is 346 Å². The number of ether oxygens (including phenoxy) is 4. The number of nitrogens with zero attached hydrogens (tertiary/aromatic N) is 3. The third kappa shape index (κ3) is 9.18. The molecular weight excluding hydrogens is 779 g/mol. The molecule has 0 unspecified atom stereocenters. The van der Waals surface area contributed by atoms with Gasteiger partial charge in [0.15, 0.2) is 11.5 Å². The lowest BCUT2D eigenvalue weighted by molar-refractivity contribution is -0.150. The third-order valence-electron chi connectivity index (χ3n) is 11.8. The molecule has 0 aromatic heterocycles. The fourth-order valence-electron chi connectivity index (χ4n) is 8.52. The van der Waals surface area contributed by atoms with Crippen molar-refractivity contribution in [3.8, 4) is 17.2 Å². The van der Waals surface area contributed by atoms with Crippen LogP contribution < -0.4 is 19.6 Å². The number of amides is 2. The topological polar surface area (TPSA) is 110 Å². The lowest BCUT2D eigenvalue weighted by Crippen LogP contribution is -2.57. The Bertz CT molecular complexity index is 1810. The summed E-state index contributed by atoms with van der Waals surface area (Å²) < 4.78 is 21.8. The SMILES string of the molecule is CCOC(=O)C1CCN(NC(=O)C2(c3ccccc3)CCN(CC[C@]3(c4ccc(Cl)c(Cl)c4)CCN(C(=O)c4cc(OC)c(OC)c(OC)c4)C3)CC2)CC1.Cl. The van der Waals surface area contributed by atoms with E-state index in [1.165, 1.54) is 21.3 Å². The number of rotatable bonds is 13. The monoisotopic (exact) mass is 830 g/mol. The molecule has 1 atom stereocenters. The molecule has 3 fully saturated rings. The molecule has 304 valence electrons. The van der Waals surface area contributed by atoms with E-state index in [-0.39, 0.29) is 41.5 Å². The summed E-state index contributed by atoms with van der Waals surface area (Å²) in [4.78, 5) is 45.0. The lowest BCUT2D eigenvalue weighted by atomic mass is 9.71. The number of halogens is 3. The zero-order chi connectivity index (χ0) is 39.2. The Morgan fingerprint density at radius 3 is 2.05 bits per heavy atom. The molecule has 0 spiro atoms. The molecule has 2 amide bonds. The highest BCUT2D eigenvalue weighted by Gasteiger charge is 2.46. The molecule has 3 heterocycles. The molecule has 3 saturated heterocycles. The van der Waals surface area contributed by atoms with E-state index in [0.29, 0.717) is 91.3 Å². The molecule has 0 saturated carbocycles. The quantitative estimate of drug-likeness (QED) is 0.183. The smallest absolute Gasteiger partial charge is 0.309 e. The largest absolute Gasteiger partial charge is 0.493 e. The molecule has 3 aliphatic heterocycles. The van der Waals surface area contributed by atoms with Crippen LogP contribution in [-0.2, 0) is 25.2 Å². The molecule has 1 N–H and O–H groups in total. The first kappa shape index (κ1) is 43.4. The van der Waals surface area contributed by atoms with Crippen molar-refractivity contribution in [2.24, 2.45) is 5.92 Å². The standard InChI is InChI=1S/C42H52Cl2N4O7.ClH/c1-5-55-39(50)29-13-19-48(20-14-29)45-40(51)42(31-9-7-6-8-10-31)17-22-46(23-18-42)21-15-41(32-11-12-33(43)34(44)27-32)16-24-47(28-41)38(49)30-25-35(52-2)37(54-4)36(26-30)53-3;/h6-12,25-27,29H,5,13-24,28H2,1-4H3,(H,45,51);1H/t41-;/m0./s1. The predicted octanol–water partition coefficient (Wildman–Crippen LogP) is 6.96. The Kier molecular flexibility index (Phi) is 14.8. The van der Waals surface area contributed by atoms with Gasteiger partial charge in [-0.05, 0) is 100 Å². The fraction of sp³-hybridized carbons (Fsp3) is 0.500. The molecular formula is C42H53Cl3N4O7. The average molecular weight is 832 g/mol. The maximum atomic E-state index is 14.3. The van der Waals surface area contributed by atoms with Crippen LogP contribution in [0.5, 0.6) is 17.2 Å².